The Morgan fingerprint density at radius 2 is 1.85 bits per heavy atom. The number of hydrogen-bond acceptors (Lipinski definition) is 4. The first-order chi connectivity index (χ1) is 13.1. The summed E-state index contributed by atoms with van der Waals surface area (Å²) in [7, 11) is 1.56. The summed E-state index contributed by atoms with van der Waals surface area (Å²) in [5.74, 6) is 0.432. The van der Waals surface area contributed by atoms with E-state index in [4.69, 9.17) is 9.47 Å². The molecule has 27 heavy (non-hydrogen) atoms. The van der Waals surface area contributed by atoms with Crippen molar-refractivity contribution < 1.29 is 24.2 Å². The Bertz CT molecular complexity index is 727. The molecule has 1 aromatic rings. The molecular weight excluding hydrogens is 346 g/mol. The summed E-state index contributed by atoms with van der Waals surface area (Å²) >= 11 is 0. The van der Waals surface area contributed by atoms with Gasteiger partial charge in [-0.05, 0) is 68.6 Å². The van der Waals surface area contributed by atoms with Gasteiger partial charge < -0.3 is 19.5 Å². The van der Waals surface area contributed by atoms with Crippen LogP contribution in [0.2, 0.25) is 0 Å². The van der Waals surface area contributed by atoms with Gasteiger partial charge in [0, 0.05) is 12.1 Å². The molecule has 1 saturated heterocycles. The molecule has 3 atom stereocenters. The zero-order chi connectivity index (χ0) is 19.0. The van der Waals surface area contributed by atoms with Crippen LogP contribution in [0.1, 0.15) is 55.3 Å². The van der Waals surface area contributed by atoms with Crippen LogP contribution in [-0.4, -0.2) is 47.7 Å². The monoisotopic (exact) mass is 373 g/mol. The lowest BCUT2D eigenvalue weighted by atomic mass is 9.94. The van der Waals surface area contributed by atoms with Gasteiger partial charge in [-0.1, -0.05) is 6.42 Å². The first kappa shape index (κ1) is 18.1. The van der Waals surface area contributed by atoms with Gasteiger partial charge >= 0.3 is 5.97 Å². The standard InChI is InChI=1S/C21H27NO5/c1-26-18-11-13(9-10-17(18)27-15-6-2-3-7-15)20(23)22-12-14-5-4-8-16(14)19(22)21(24)25/h9-11,14-16,19H,2-8,12H2,1H3,(H,24,25). The van der Waals surface area contributed by atoms with Gasteiger partial charge in [0.15, 0.2) is 11.5 Å². The number of aliphatic carboxylic acids is 1. The lowest BCUT2D eigenvalue weighted by Crippen LogP contribution is -2.43. The van der Waals surface area contributed by atoms with E-state index in [1.165, 1.54) is 12.8 Å². The average molecular weight is 373 g/mol. The molecule has 146 valence electrons. The zero-order valence-electron chi connectivity index (χ0n) is 15.7. The Labute approximate surface area is 159 Å². The number of ether oxygens (including phenoxy) is 2. The molecule has 1 aliphatic heterocycles. The topological polar surface area (TPSA) is 76.1 Å². The molecule has 0 radical (unpaired) electrons. The molecule has 1 N–H and O–H groups in total. The molecule has 0 spiro atoms. The highest BCUT2D eigenvalue weighted by Gasteiger charge is 2.49. The summed E-state index contributed by atoms with van der Waals surface area (Å²) in [5, 5.41) is 9.69. The molecule has 0 aromatic heterocycles. The highest BCUT2D eigenvalue weighted by molar-refractivity contribution is 5.97. The molecule has 2 aliphatic carbocycles. The fraction of sp³-hybridized carbons (Fsp3) is 0.619. The van der Waals surface area contributed by atoms with Crippen molar-refractivity contribution in [2.24, 2.45) is 11.8 Å². The first-order valence-corrected chi connectivity index (χ1v) is 9.97. The normalized spacial score (nSPS) is 27.6. The van der Waals surface area contributed by atoms with Crippen LogP contribution in [0.15, 0.2) is 18.2 Å². The van der Waals surface area contributed by atoms with Crippen LogP contribution >= 0.6 is 0 Å². The summed E-state index contributed by atoms with van der Waals surface area (Å²) in [6.45, 7) is 0.531. The van der Waals surface area contributed by atoms with Crippen LogP contribution in [0.5, 0.6) is 11.5 Å². The van der Waals surface area contributed by atoms with E-state index in [2.05, 4.69) is 0 Å². The van der Waals surface area contributed by atoms with Gasteiger partial charge in [0.2, 0.25) is 0 Å². The summed E-state index contributed by atoms with van der Waals surface area (Å²) in [6, 6.07) is 4.46. The van der Waals surface area contributed by atoms with Crippen LogP contribution in [0, 0.1) is 11.8 Å². The molecule has 2 saturated carbocycles. The summed E-state index contributed by atoms with van der Waals surface area (Å²) in [6.07, 6.45) is 7.60. The smallest absolute Gasteiger partial charge is 0.326 e. The maximum absolute atomic E-state index is 13.1. The van der Waals surface area contributed by atoms with E-state index in [0.717, 1.165) is 32.1 Å². The number of carboxylic acid groups (broad SMARTS) is 1. The van der Waals surface area contributed by atoms with Gasteiger partial charge in [0.1, 0.15) is 6.04 Å². The Morgan fingerprint density at radius 3 is 2.56 bits per heavy atom. The number of rotatable bonds is 5. The number of benzene rings is 1. The third kappa shape index (κ3) is 3.37. The van der Waals surface area contributed by atoms with Crippen molar-refractivity contribution in [3.8, 4) is 11.5 Å². The molecule has 3 unspecified atom stereocenters. The fourth-order valence-corrected chi connectivity index (χ4v) is 5.08. The first-order valence-electron chi connectivity index (χ1n) is 9.97. The van der Waals surface area contributed by atoms with Gasteiger partial charge in [-0.2, -0.15) is 0 Å². The van der Waals surface area contributed by atoms with Gasteiger partial charge in [-0.3, -0.25) is 4.79 Å². The van der Waals surface area contributed by atoms with Crippen molar-refractivity contribution in [3.05, 3.63) is 23.8 Å². The molecule has 6 nitrogen and oxygen atoms in total. The second kappa shape index (κ2) is 7.41. The minimum absolute atomic E-state index is 0.0818. The number of hydrogen-bond donors (Lipinski definition) is 1. The summed E-state index contributed by atoms with van der Waals surface area (Å²) in [4.78, 5) is 26.5. The number of nitrogens with zero attached hydrogens (tertiary/aromatic N) is 1. The van der Waals surface area contributed by atoms with E-state index in [9.17, 15) is 14.7 Å². The van der Waals surface area contributed by atoms with Gasteiger partial charge in [-0.25, -0.2) is 4.79 Å². The molecule has 4 rings (SSSR count). The maximum atomic E-state index is 13.1. The average Bonchev–Trinajstić information content (AvgIpc) is 3.38. The van der Waals surface area contributed by atoms with Crippen molar-refractivity contribution in [1.82, 2.24) is 4.90 Å². The predicted octanol–water partition coefficient (Wildman–Crippen LogP) is 3.34. The second-order valence-corrected chi connectivity index (χ2v) is 7.99. The Kier molecular flexibility index (Phi) is 4.98. The largest absolute Gasteiger partial charge is 0.493 e. The van der Waals surface area contributed by atoms with Crippen LogP contribution in [0.4, 0.5) is 0 Å². The zero-order valence-corrected chi connectivity index (χ0v) is 15.7. The number of likely N-dealkylation sites (tertiary alicyclic amines) is 1. The Morgan fingerprint density at radius 1 is 1.07 bits per heavy atom. The predicted molar refractivity (Wildman–Crippen MR) is 99.2 cm³/mol. The van der Waals surface area contributed by atoms with E-state index in [0.29, 0.717) is 29.5 Å². The van der Waals surface area contributed by atoms with Crippen LogP contribution in [-0.2, 0) is 4.79 Å². The van der Waals surface area contributed by atoms with E-state index >= 15 is 0 Å². The number of fused-ring (bicyclic) bond motifs is 1. The van der Waals surface area contributed by atoms with Crippen molar-refractivity contribution >= 4 is 11.9 Å². The van der Waals surface area contributed by atoms with Crippen molar-refractivity contribution in [1.29, 1.82) is 0 Å². The van der Waals surface area contributed by atoms with E-state index < -0.39 is 12.0 Å². The molecular formula is C21H27NO5. The van der Waals surface area contributed by atoms with E-state index in [1.54, 1.807) is 30.2 Å². The Balaban J connectivity index is 1.55. The molecule has 1 aromatic carbocycles. The molecule has 0 bridgehead atoms. The third-order valence-electron chi connectivity index (χ3n) is 6.41. The quantitative estimate of drug-likeness (QED) is 0.857. The minimum atomic E-state index is -0.897. The van der Waals surface area contributed by atoms with Crippen LogP contribution in [0.3, 0.4) is 0 Å². The number of amides is 1. The third-order valence-corrected chi connectivity index (χ3v) is 6.41. The number of methoxy groups -OCH3 is 1. The number of carboxylic acids is 1. The van der Waals surface area contributed by atoms with Crippen molar-refractivity contribution in [2.75, 3.05) is 13.7 Å². The maximum Gasteiger partial charge on any atom is 0.326 e. The SMILES string of the molecule is COc1cc(C(=O)N2CC3CCCC3C2C(=O)O)ccc1OC1CCCC1. The lowest BCUT2D eigenvalue weighted by Gasteiger charge is -2.25. The van der Waals surface area contributed by atoms with Gasteiger partial charge in [-0.15, -0.1) is 0 Å². The van der Waals surface area contributed by atoms with E-state index in [-0.39, 0.29) is 17.9 Å². The van der Waals surface area contributed by atoms with Gasteiger partial charge in [0.05, 0.1) is 13.2 Å². The molecule has 1 heterocycles. The second-order valence-electron chi connectivity index (χ2n) is 7.99. The number of carbonyl (C=O) groups excluding carboxylic acids is 1. The molecule has 3 aliphatic rings. The lowest BCUT2D eigenvalue weighted by molar-refractivity contribution is -0.142. The van der Waals surface area contributed by atoms with Crippen LogP contribution in [0.25, 0.3) is 0 Å². The van der Waals surface area contributed by atoms with E-state index in [1.807, 2.05) is 0 Å². The highest BCUT2D eigenvalue weighted by atomic mass is 16.5. The molecule has 3 fully saturated rings. The minimum Gasteiger partial charge on any atom is -0.493 e. The van der Waals surface area contributed by atoms with Crippen molar-refractivity contribution in [3.63, 3.8) is 0 Å². The molecule has 1 amide bonds. The highest BCUT2D eigenvalue weighted by Crippen LogP contribution is 2.43. The Hall–Kier alpha value is -2.24. The number of carbonyl (C=O) groups is 2. The van der Waals surface area contributed by atoms with Crippen molar-refractivity contribution in [2.45, 2.75) is 57.1 Å². The summed E-state index contributed by atoms with van der Waals surface area (Å²) in [5.41, 5.74) is 0.455. The van der Waals surface area contributed by atoms with Crippen LogP contribution < -0.4 is 9.47 Å². The van der Waals surface area contributed by atoms with Gasteiger partial charge in [0.25, 0.3) is 5.91 Å². The molecule has 6 heteroatoms. The fourth-order valence-electron chi connectivity index (χ4n) is 5.08. The summed E-state index contributed by atoms with van der Waals surface area (Å²) < 4.78 is 11.5.